The van der Waals surface area contributed by atoms with Gasteiger partial charge in [0.05, 0.1) is 5.69 Å². The van der Waals surface area contributed by atoms with Crippen LogP contribution in [0.15, 0.2) is 22.7 Å². The summed E-state index contributed by atoms with van der Waals surface area (Å²) in [5, 5.41) is 0.822. The molecule has 1 amide bonds. The van der Waals surface area contributed by atoms with E-state index in [1.807, 2.05) is 0 Å². The minimum Gasteiger partial charge on any atom is -0.320 e. The van der Waals surface area contributed by atoms with Crippen LogP contribution in [0.2, 0.25) is 0 Å². The van der Waals surface area contributed by atoms with Gasteiger partial charge >= 0.3 is 53.5 Å². The monoisotopic (exact) mass is 631 g/mol. The summed E-state index contributed by atoms with van der Waals surface area (Å²) in [6.45, 7) is 1.35. The van der Waals surface area contributed by atoms with E-state index >= 15 is 0 Å². The van der Waals surface area contributed by atoms with Gasteiger partial charge < -0.3 is 5.32 Å². The average Bonchev–Trinajstić information content (AvgIpc) is 2.68. The zero-order valence-corrected chi connectivity index (χ0v) is 18.0. The first-order valence-corrected chi connectivity index (χ1v) is 9.14. The largest absolute Gasteiger partial charge is 0.460 e. The Hall–Kier alpha value is -2.02. The fraction of sp³-hybridized carbons (Fsp3) is 0.562. The van der Waals surface area contributed by atoms with Crippen LogP contribution in [0, 0.1) is 6.92 Å². The molecule has 0 spiro atoms. The van der Waals surface area contributed by atoms with E-state index in [4.69, 9.17) is 0 Å². The Bertz CT molecular complexity index is 1000. The second-order valence-corrected chi connectivity index (χ2v) is 7.81. The molecule has 0 fully saturated rings. The predicted octanol–water partition coefficient (Wildman–Crippen LogP) is 7.71. The molecule has 2 nitrogen and oxygen atoms in total. The minimum absolute atomic E-state index is 0.307. The van der Waals surface area contributed by atoms with Gasteiger partial charge in [-0.3, -0.25) is 4.79 Å². The van der Waals surface area contributed by atoms with Gasteiger partial charge in [-0.2, -0.15) is 74.6 Å². The molecule has 0 atom stereocenters. The number of nitrogens with one attached hydrogen (secondary N) is 1. The fourth-order valence-corrected chi connectivity index (χ4v) is 2.82. The third-order valence-corrected chi connectivity index (χ3v) is 5.04. The molecule has 0 unspecified atom stereocenters. The first-order valence-electron chi connectivity index (χ1n) is 8.34. The Labute approximate surface area is 195 Å². The Morgan fingerprint density at radius 1 is 0.639 bits per heavy atom. The van der Waals surface area contributed by atoms with Crippen LogP contribution >= 0.6 is 15.9 Å². The van der Waals surface area contributed by atoms with Gasteiger partial charge in [0.25, 0.3) is 0 Å². The molecule has 0 radical (unpaired) electrons. The van der Waals surface area contributed by atoms with Crippen LogP contribution in [0.5, 0.6) is 0 Å². The summed E-state index contributed by atoms with van der Waals surface area (Å²) in [7, 11) is 0. The van der Waals surface area contributed by atoms with Crippen LogP contribution in [0.25, 0.3) is 0 Å². The van der Waals surface area contributed by atoms with Crippen molar-refractivity contribution in [3.05, 3.63) is 28.2 Å². The van der Waals surface area contributed by atoms with Crippen molar-refractivity contribution in [3.63, 3.8) is 0 Å². The number of amides is 1. The highest BCUT2D eigenvalue weighted by Gasteiger charge is 2.95. The smallest absolute Gasteiger partial charge is 0.320 e. The van der Waals surface area contributed by atoms with E-state index in [-0.39, 0.29) is 0 Å². The number of aryl methyl sites for hydroxylation is 1. The lowest BCUT2D eigenvalue weighted by atomic mass is 9.89. The molecule has 0 aromatic heterocycles. The third kappa shape index (κ3) is 4.35. The molecule has 1 aromatic carbocycles. The molecule has 0 aliphatic rings. The van der Waals surface area contributed by atoms with Crippen molar-refractivity contribution in [1.82, 2.24) is 0 Å². The van der Waals surface area contributed by atoms with Gasteiger partial charge in [0.15, 0.2) is 0 Å². The molecule has 1 rings (SSSR count). The maximum absolute atomic E-state index is 13.9. The van der Waals surface area contributed by atoms with Crippen molar-refractivity contribution in [2.45, 2.75) is 54.6 Å². The van der Waals surface area contributed by atoms with Gasteiger partial charge in [-0.15, -0.1) is 0 Å². The Balaban J connectivity index is 3.59. The molecular formula is C16H7BrF17NO. The van der Waals surface area contributed by atoms with Gasteiger partial charge in [-0.05, 0) is 40.5 Å². The molecule has 0 bridgehead atoms. The number of carbonyl (C=O) groups is 1. The SMILES string of the molecule is Cc1ccc(NC(=O)C(F)(F)C(F)(F)C(F)(F)C(F)(F)C(F)(F)C(F)(F)C(F)(F)C(F)(F)F)c(Br)c1. The maximum atomic E-state index is 13.9. The number of anilines is 1. The molecule has 1 N–H and O–H groups in total. The number of halogens is 18. The second kappa shape index (κ2) is 8.78. The highest BCUT2D eigenvalue weighted by molar-refractivity contribution is 9.10. The summed E-state index contributed by atoms with van der Waals surface area (Å²) >= 11 is 2.59. The van der Waals surface area contributed by atoms with E-state index in [9.17, 15) is 79.4 Å². The maximum Gasteiger partial charge on any atom is 0.460 e. The normalized spacial score (nSPS) is 15.2. The van der Waals surface area contributed by atoms with Crippen molar-refractivity contribution >= 4 is 27.5 Å². The van der Waals surface area contributed by atoms with Crippen LogP contribution in [-0.2, 0) is 4.79 Å². The zero-order valence-electron chi connectivity index (χ0n) is 16.4. The van der Waals surface area contributed by atoms with Gasteiger partial charge in [-0.25, -0.2) is 0 Å². The van der Waals surface area contributed by atoms with Crippen LogP contribution in [0.4, 0.5) is 80.3 Å². The van der Waals surface area contributed by atoms with Crippen LogP contribution < -0.4 is 5.32 Å². The van der Waals surface area contributed by atoms with E-state index in [2.05, 4.69) is 15.9 Å². The van der Waals surface area contributed by atoms with Crippen molar-refractivity contribution < 1.29 is 79.4 Å². The van der Waals surface area contributed by atoms with E-state index in [1.165, 1.54) is 6.92 Å². The minimum atomic E-state index is -8.75. The number of rotatable bonds is 8. The van der Waals surface area contributed by atoms with Gasteiger partial charge in [0, 0.05) is 4.47 Å². The zero-order chi connectivity index (χ0) is 29.1. The molecule has 0 aliphatic carbocycles. The fourth-order valence-electron chi connectivity index (χ4n) is 2.23. The summed E-state index contributed by atoms with van der Waals surface area (Å²) < 4.78 is 224. The Morgan fingerprint density at radius 2 is 1.00 bits per heavy atom. The highest BCUT2D eigenvalue weighted by atomic mass is 79.9. The molecule has 36 heavy (non-hydrogen) atoms. The molecule has 208 valence electrons. The van der Waals surface area contributed by atoms with E-state index in [1.54, 1.807) is 0 Å². The summed E-state index contributed by atoms with van der Waals surface area (Å²) in [6, 6.07) is 2.65. The van der Waals surface area contributed by atoms with Crippen molar-refractivity contribution in [2.24, 2.45) is 0 Å². The molecule has 0 saturated carbocycles. The molecule has 1 aromatic rings. The molecule has 20 heteroatoms. The number of benzene rings is 1. The molecule has 0 heterocycles. The first kappa shape index (κ1) is 32.0. The average molecular weight is 632 g/mol. The lowest BCUT2D eigenvalue weighted by Crippen LogP contribution is -2.75. The number of carbonyl (C=O) groups excluding carboxylic acids is 1. The Kier molecular flexibility index (Phi) is 7.81. The van der Waals surface area contributed by atoms with Crippen molar-refractivity contribution in [2.75, 3.05) is 5.32 Å². The summed E-state index contributed by atoms with van der Waals surface area (Å²) in [6.07, 6.45) is -7.83. The summed E-state index contributed by atoms with van der Waals surface area (Å²) in [5.41, 5.74) is -0.611. The topological polar surface area (TPSA) is 29.1 Å². The van der Waals surface area contributed by atoms with Crippen molar-refractivity contribution in [1.29, 1.82) is 0 Å². The number of alkyl halides is 17. The van der Waals surface area contributed by atoms with Gasteiger partial charge in [0.2, 0.25) is 0 Å². The lowest BCUT2D eigenvalue weighted by molar-refractivity contribution is -0.459. The molecule has 0 aliphatic heterocycles. The Morgan fingerprint density at radius 3 is 1.36 bits per heavy atom. The van der Waals surface area contributed by atoms with E-state index < -0.39 is 63.7 Å². The molecular weight excluding hydrogens is 625 g/mol. The molecule has 0 saturated heterocycles. The van der Waals surface area contributed by atoms with Crippen LogP contribution in [0.3, 0.4) is 0 Å². The van der Waals surface area contributed by atoms with E-state index in [0.29, 0.717) is 11.6 Å². The number of hydrogen-bond donors (Lipinski definition) is 1. The quantitative estimate of drug-likeness (QED) is 0.293. The lowest BCUT2D eigenvalue weighted by Gasteiger charge is -2.42. The highest BCUT2D eigenvalue weighted by Crippen LogP contribution is 2.64. The first-order chi connectivity index (χ1) is 15.6. The van der Waals surface area contributed by atoms with Gasteiger partial charge in [0.1, 0.15) is 0 Å². The number of hydrogen-bond acceptors (Lipinski definition) is 1. The van der Waals surface area contributed by atoms with Crippen LogP contribution in [0.1, 0.15) is 5.56 Å². The van der Waals surface area contributed by atoms with E-state index in [0.717, 1.165) is 17.4 Å². The third-order valence-electron chi connectivity index (χ3n) is 4.38. The van der Waals surface area contributed by atoms with Crippen molar-refractivity contribution in [3.8, 4) is 0 Å². The predicted molar refractivity (Wildman–Crippen MR) is 88.2 cm³/mol. The van der Waals surface area contributed by atoms with Gasteiger partial charge in [-0.1, -0.05) is 6.07 Å². The second-order valence-electron chi connectivity index (χ2n) is 6.96. The van der Waals surface area contributed by atoms with Crippen LogP contribution in [-0.4, -0.2) is 53.5 Å². The standard InChI is InChI=1S/C16H7BrF17NO/c1-5-2-3-7(6(17)4-5)35-8(36)9(18,19)10(20,21)11(22,23)12(24,25)13(26,27)14(28,29)15(30,31)16(32,33)34/h2-4H,1H3,(H,35,36). The summed E-state index contributed by atoms with van der Waals surface area (Å²) in [5.74, 6) is -61.8. The summed E-state index contributed by atoms with van der Waals surface area (Å²) in [4.78, 5) is 11.5.